The van der Waals surface area contributed by atoms with E-state index < -0.39 is 29.8 Å². The SMILES string of the molecule is CCOC(=O)COc1ccc(C(=O)[C@H](C)NC(=O)c2ccc(C(=N)NC(=O)Oc3ccc(F)cc3)cc2)cc1. The minimum atomic E-state index is -0.931. The van der Waals surface area contributed by atoms with Gasteiger partial charge in [-0.15, -0.1) is 0 Å². The number of hydrogen-bond donors (Lipinski definition) is 3. The van der Waals surface area contributed by atoms with Crippen LogP contribution in [0.25, 0.3) is 0 Å². The Labute approximate surface area is 223 Å². The number of amidine groups is 1. The molecule has 0 saturated heterocycles. The maximum Gasteiger partial charge on any atom is 0.418 e. The second kappa shape index (κ2) is 13.5. The molecule has 39 heavy (non-hydrogen) atoms. The molecule has 0 spiro atoms. The van der Waals surface area contributed by atoms with Gasteiger partial charge >= 0.3 is 12.1 Å². The average Bonchev–Trinajstić information content (AvgIpc) is 2.93. The summed E-state index contributed by atoms with van der Waals surface area (Å²) >= 11 is 0. The number of ketones is 1. The zero-order chi connectivity index (χ0) is 28.4. The van der Waals surface area contributed by atoms with Crippen molar-refractivity contribution in [3.05, 3.63) is 95.3 Å². The van der Waals surface area contributed by atoms with Crippen LogP contribution in [0.5, 0.6) is 11.5 Å². The van der Waals surface area contributed by atoms with Gasteiger partial charge in [0, 0.05) is 16.7 Å². The van der Waals surface area contributed by atoms with E-state index in [9.17, 15) is 23.6 Å². The molecule has 3 rings (SSSR count). The minimum Gasteiger partial charge on any atom is -0.482 e. The minimum absolute atomic E-state index is 0.107. The van der Waals surface area contributed by atoms with Crippen LogP contribution in [0, 0.1) is 11.2 Å². The molecule has 0 radical (unpaired) electrons. The van der Waals surface area contributed by atoms with Gasteiger partial charge in [-0.25, -0.2) is 14.0 Å². The van der Waals surface area contributed by atoms with E-state index in [-0.39, 0.29) is 36.1 Å². The van der Waals surface area contributed by atoms with Crippen molar-refractivity contribution in [1.82, 2.24) is 10.6 Å². The van der Waals surface area contributed by atoms with Crippen molar-refractivity contribution < 1.29 is 37.8 Å². The van der Waals surface area contributed by atoms with Crippen LogP contribution in [-0.2, 0) is 9.53 Å². The first-order chi connectivity index (χ1) is 18.7. The Kier molecular flexibility index (Phi) is 9.85. The summed E-state index contributed by atoms with van der Waals surface area (Å²) in [4.78, 5) is 48.7. The summed E-state index contributed by atoms with van der Waals surface area (Å²) in [6.07, 6.45) is -0.931. The molecule has 2 amide bonds. The summed E-state index contributed by atoms with van der Waals surface area (Å²) in [5.41, 5.74) is 0.883. The number of carbonyl (C=O) groups is 4. The van der Waals surface area contributed by atoms with Crippen LogP contribution in [0.2, 0.25) is 0 Å². The fourth-order valence-corrected chi connectivity index (χ4v) is 3.25. The number of benzene rings is 3. The third-order valence-electron chi connectivity index (χ3n) is 5.23. The Morgan fingerprint density at radius 3 is 2.03 bits per heavy atom. The van der Waals surface area contributed by atoms with Crippen LogP contribution in [0.1, 0.15) is 40.1 Å². The van der Waals surface area contributed by atoms with Gasteiger partial charge in [-0.1, -0.05) is 12.1 Å². The molecule has 0 bridgehead atoms. The molecule has 1 atom stereocenters. The van der Waals surface area contributed by atoms with Crippen molar-refractivity contribution in [3.8, 4) is 11.5 Å². The van der Waals surface area contributed by atoms with E-state index in [4.69, 9.17) is 19.6 Å². The largest absolute Gasteiger partial charge is 0.482 e. The fraction of sp³-hybridized carbons (Fsp3) is 0.179. The summed E-state index contributed by atoms with van der Waals surface area (Å²) in [6.45, 7) is 3.24. The van der Waals surface area contributed by atoms with Gasteiger partial charge in [0.25, 0.3) is 5.91 Å². The van der Waals surface area contributed by atoms with Gasteiger partial charge < -0.3 is 19.5 Å². The highest BCUT2D eigenvalue weighted by Gasteiger charge is 2.19. The molecule has 0 saturated carbocycles. The van der Waals surface area contributed by atoms with Gasteiger partial charge in [-0.3, -0.25) is 20.3 Å². The van der Waals surface area contributed by atoms with Crippen molar-refractivity contribution in [2.45, 2.75) is 19.9 Å². The lowest BCUT2D eigenvalue weighted by molar-refractivity contribution is -0.145. The number of hydrogen-bond acceptors (Lipinski definition) is 8. The highest BCUT2D eigenvalue weighted by Crippen LogP contribution is 2.15. The van der Waals surface area contributed by atoms with Gasteiger partial charge in [0.2, 0.25) is 0 Å². The summed E-state index contributed by atoms with van der Waals surface area (Å²) in [6, 6.07) is 15.9. The van der Waals surface area contributed by atoms with Crippen LogP contribution in [0.15, 0.2) is 72.8 Å². The normalized spacial score (nSPS) is 11.1. The maximum absolute atomic E-state index is 13.0. The van der Waals surface area contributed by atoms with Crippen LogP contribution >= 0.6 is 0 Å². The Bertz CT molecular complexity index is 1340. The molecule has 0 heterocycles. The quantitative estimate of drug-likeness (QED) is 0.155. The summed E-state index contributed by atoms with van der Waals surface area (Å²) < 4.78 is 28.0. The van der Waals surface area contributed by atoms with E-state index in [1.807, 2.05) is 0 Å². The lowest BCUT2D eigenvalue weighted by Gasteiger charge is -2.14. The van der Waals surface area contributed by atoms with Gasteiger partial charge in [0.1, 0.15) is 23.2 Å². The van der Waals surface area contributed by atoms with E-state index in [0.717, 1.165) is 12.1 Å². The van der Waals surface area contributed by atoms with E-state index in [0.29, 0.717) is 16.9 Å². The Morgan fingerprint density at radius 1 is 0.846 bits per heavy atom. The van der Waals surface area contributed by atoms with Crippen LogP contribution in [-0.4, -0.2) is 48.8 Å². The molecule has 0 aliphatic heterocycles. The first-order valence-corrected chi connectivity index (χ1v) is 11.8. The molecule has 3 N–H and O–H groups in total. The van der Waals surface area contributed by atoms with Crippen molar-refractivity contribution >= 4 is 29.6 Å². The molecule has 3 aromatic rings. The van der Waals surface area contributed by atoms with Crippen molar-refractivity contribution in [2.75, 3.05) is 13.2 Å². The van der Waals surface area contributed by atoms with Crippen molar-refractivity contribution in [2.24, 2.45) is 0 Å². The first kappa shape index (κ1) is 28.5. The van der Waals surface area contributed by atoms with Gasteiger partial charge in [0.15, 0.2) is 12.4 Å². The molecule has 0 unspecified atom stereocenters. The highest BCUT2D eigenvalue weighted by molar-refractivity contribution is 6.06. The van der Waals surface area contributed by atoms with Crippen LogP contribution in [0.4, 0.5) is 9.18 Å². The maximum atomic E-state index is 13.0. The molecule has 11 heteroatoms. The predicted molar refractivity (Wildman–Crippen MR) is 139 cm³/mol. The lowest BCUT2D eigenvalue weighted by atomic mass is 10.0. The topological polar surface area (TPSA) is 144 Å². The summed E-state index contributed by atoms with van der Waals surface area (Å²) in [5.74, 6) is -1.59. The number of amides is 2. The standard InChI is InChI=1S/C28H26FN3O7/c1-3-37-24(33)16-38-22-12-8-18(9-13-22)25(34)17(2)31-27(35)20-6-4-19(5-7-20)26(30)32-28(36)39-23-14-10-21(29)11-15-23/h4-15,17H,3,16H2,1-2H3,(H,31,35)(H2,30,32,36)/t17-/m0/s1. The number of halogens is 1. The number of Topliss-reactive ketones (excluding diaryl/α,β-unsaturated/α-hetero) is 1. The molecule has 10 nitrogen and oxygen atoms in total. The Hall–Kier alpha value is -5.06. The fourth-order valence-electron chi connectivity index (χ4n) is 3.25. The zero-order valence-corrected chi connectivity index (χ0v) is 21.2. The van der Waals surface area contributed by atoms with E-state index >= 15 is 0 Å². The van der Waals surface area contributed by atoms with Gasteiger partial charge in [-0.05, 0) is 74.5 Å². The molecular formula is C28H26FN3O7. The van der Waals surface area contributed by atoms with E-state index in [1.54, 1.807) is 13.8 Å². The predicted octanol–water partition coefficient (Wildman–Crippen LogP) is 3.88. The Balaban J connectivity index is 1.51. The van der Waals surface area contributed by atoms with Crippen LogP contribution in [0.3, 0.4) is 0 Å². The lowest BCUT2D eigenvalue weighted by Crippen LogP contribution is -2.38. The second-order valence-electron chi connectivity index (χ2n) is 8.10. The number of nitrogens with one attached hydrogen (secondary N) is 3. The number of esters is 1. The highest BCUT2D eigenvalue weighted by atomic mass is 19.1. The average molecular weight is 536 g/mol. The first-order valence-electron chi connectivity index (χ1n) is 11.8. The van der Waals surface area contributed by atoms with Gasteiger partial charge in [-0.2, -0.15) is 0 Å². The molecule has 3 aromatic carbocycles. The molecule has 0 aliphatic carbocycles. The second-order valence-corrected chi connectivity index (χ2v) is 8.10. The van der Waals surface area contributed by atoms with Crippen LogP contribution < -0.4 is 20.1 Å². The smallest absolute Gasteiger partial charge is 0.418 e. The van der Waals surface area contributed by atoms with Crippen molar-refractivity contribution in [3.63, 3.8) is 0 Å². The third-order valence-corrected chi connectivity index (χ3v) is 5.23. The summed E-state index contributed by atoms with van der Waals surface area (Å²) in [7, 11) is 0. The number of ether oxygens (including phenoxy) is 3. The van der Waals surface area contributed by atoms with Crippen molar-refractivity contribution in [1.29, 1.82) is 5.41 Å². The number of carbonyl (C=O) groups excluding carboxylic acids is 4. The third kappa shape index (κ3) is 8.49. The molecule has 202 valence electrons. The molecular weight excluding hydrogens is 509 g/mol. The molecule has 0 fully saturated rings. The zero-order valence-electron chi connectivity index (χ0n) is 21.2. The monoisotopic (exact) mass is 535 g/mol. The number of rotatable bonds is 10. The Morgan fingerprint density at radius 2 is 1.41 bits per heavy atom. The summed E-state index contributed by atoms with van der Waals surface area (Å²) in [5, 5.41) is 12.9. The van der Waals surface area contributed by atoms with E-state index in [2.05, 4.69) is 10.6 Å². The van der Waals surface area contributed by atoms with E-state index in [1.165, 1.54) is 60.7 Å². The molecule has 0 aliphatic rings. The molecule has 0 aromatic heterocycles. The van der Waals surface area contributed by atoms with Gasteiger partial charge in [0.05, 0.1) is 12.6 Å².